The van der Waals surface area contributed by atoms with Crippen molar-refractivity contribution in [1.29, 1.82) is 5.26 Å². The van der Waals surface area contributed by atoms with Crippen molar-refractivity contribution in [2.45, 2.75) is 6.42 Å². The molecule has 2 aromatic rings. The Morgan fingerprint density at radius 1 is 1.22 bits per heavy atom. The second kappa shape index (κ2) is 5.60. The monoisotopic (exact) mass is 237 g/mol. The van der Waals surface area contributed by atoms with Crippen molar-refractivity contribution >= 4 is 11.6 Å². The fraction of sp³-hybridized carbons (Fsp3) is 0.0714. The van der Waals surface area contributed by atoms with Crippen LogP contribution in [0.5, 0.6) is 0 Å². The summed E-state index contributed by atoms with van der Waals surface area (Å²) in [5, 5.41) is 11.3. The molecule has 88 valence electrons. The first-order valence-electron chi connectivity index (χ1n) is 5.48. The third kappa shape index (κ3) is 3.16. The summed E-state index contributed by atoms with van der Waals surface area (Å²) in [4.78, 5) is 15.6. The van der Waals surface area contributed by atoms with Gasteiger partial charge < -0.3 is 5.32 Å². The third-order valence-electron chi connectivity index (χ3n) is 2.37. The Morgan fingerprint density at radius 3 is 2.61 bits per heavy atom. The average molecular weight is 237 g/mol. The van der Waals surface area contributed by atoms with Gasteiger partial charge in [-0.05, 0) is 17.7 Å². The van der Waals surface area contributed by atoms with Gasteiger partial charge in [0.25, 0.3) is 0 Å². The van der Waals surface area contributed by atoms with Crippen LogP contribution in [0.15, 0.2) is 48.7 Å². The molecule has 1 aromatic carbocycles. The number of aromatic nitrogens is 1. The van der Waals surface area contributed by atoms with Crippen molar-refractivity contribution in [3.05, 3.63) is 59.9 Å². The quantitative estimate of drug-likeness (QED) is 0.889. The topological polar surface area (TPSA) is 65.8 Å². The summed E-state index contributed by atoms with van der Waals surface area (Å²) in [6.45, 7) is 0. The summed E-state index contributed by atoms with van der Waals surface area (Å²) in [6.07, 6.45) is 1.79. The SMILES string of the molecule is N#Cc1ccc(NC(=O)Cc2ccccc2)cn1. The van der Waals surface area contributed by atoms with E-state index < -0.39 is 0 Å². The predicted octanol–water partition coefficient (Wildman–Crippen LogP) is 2.13. The van der Waals surface area contributed by atoms with E-state index in [0.29, 0.717) is 17.8 Å². The molecule has 0 bridgehead atoms. The summed E-state index contributed by atoms with van der Waals surface area (Å²) >= 11 is 0. The zero-order chi connectivity index (χ0) is 12.8. The molecule has 2 rings (SSSR count). The highest BCUT2D eigenvalue weighted by Crippen LogP contribution is 2.07. The van der Waals surface area contributed by atoms with E-state index in [1.807, 2.05) is 36.4 Å². The average Bonchev–Trinajstić information content (AvgIpc) is 2.40. The van der Waals surface area contributed by atoms with Crippen LogP contribution < -0.4 is 5.32 Å². The summed E-state index contributed by atoms with van der Waals surface area (Å²) < 4.78 is 0. The number of hydrogen-bond acceptors (Lipinski definition) is 3. The molecule has 0 saturated carbocycles. The molecule has 0 atom stereocenters. The third-order valence-corrected chi connectivity index (χ3v) is 2.37. The van der Waals surface area contributed by atoms with Crippen molar-refractivity contribution in [1.82, 2.24) is 4.98 Å². The van der Waals surface area contributed by atoms with Crippen LogP contribution in [0.3, 0.4) is 0 Å². The summed E-state index contributed by atoms with van der Waals surface area (Å²) in [5.74, 6) is -0.104. The van der Waals surface area contributed by atoms with Crippen LogP contribution in [0.4, 0.5) is 5.69 Å². The number of nitrogens with one attached hydrogen (secondary N) is 1. The molecular weight excluding hydrogens is 226 g/mol. The lowest BCUT2D eigenvalue weighted by molar-refractivity contribution is -0.115. The van der Waals surface area contributed by atoms with Gasteiger partial charge in [0, 0.05) is 0 Å². The van der Waals surface area contributed by atoms with Crippen LogP contribution >= 0.6 is 0 Å². The zero-order valence-electron chi connectivity index (χ0n) is 9.63. The summed E-state index contributed by atoms with van der Waals surface area (Å²) in [6, 6.07) is 14.6. The number of anilines is 1. The Bertz CT molecular complexity index is 570. The summed E-state index contributed by atoms with van der Waals surface area (Å²) in [5.41, 5.74) is 1.88. The first-order chi connectivity index (χ1) is 8.78. The standard InChI is InChI=1S/C14H11N3O/c15-9-12-6-7-13(10-16-12)17-14(18)8-11-4-2-1-3-5-11/h1-7,10H,8H2,(H,17,18). The summed E-state index contributed by atoms with van der Waals surface area (Å²) in [7, 11) is 0. The van der Waals surface area contributed by atoms with E-state index in [0.717, 1.165) is 5.56 Å². The van der Waals surface area contributed by atoms with Gasteiger partial charge in [-0.1, -0.05) is 30.3 Å². The second-order valence-corrected chi connectivity index (χ2v) is 3.75. The first kappa shape index (κ1) is 11.8. The Labute approximate surface area is 105 Å². The van der Waals surface area contributed by atoms with Gasteiger partial charge in [-0.25, -0.2) is 4.98 Å². The van der Waals surface area contributed by atoms with Crippen LogP contribution in [0, 0.1) is 11.3 Å². The Morgan fingerprint density at radius 2 is 2.00 bits per heavy atom. The maximum atomic E-state index is 11.7. The van der Waals surface area contributed by atoms with Crippen molar-refractivity contribution < 1.29 is 4.79 Å². The Balaban J connectivity index is 1.97. The van der Waals surface area contributed by atoms with Crippen LogP contribution in [0.1, 0.15) is 11.3 Å². The van der Waals surface area contributed by atoms with Crippen molar-refractivity contribution in [2.75, 3.05) is 5.32 Å². The van der Waals surface area contributed by atoms with Gasteiger partial charge in [0.05, 0.1) is 18.3 Å². The van der Waals surface area contributed by atoms with E-state index in [1.54, 1.807) is 12.1 Å². The first-order valence-corrected chi connectivity index (χ1v) is 5.48. The van der Waals surface area contributed by atoms with E-state index in [2.05, 4.69) is 10.3 Å². The molecule has 1 aromatic heterocycles. The number of benzene rings is 1. The van der Waals surface area contributed by atoms with Gasteiger partial charge in [0.2, 0.25) is 5.91 Å². The molecule has 4 nitrogen and oxygen atoms in total. The van der Waals surface area contributed by atoms with Gasteiger partial charge in [-0.3, -0.25) is 4.79 Å². The van der Waals surface area contributed by atoms with E-state index in [4.69, 9.17) is 5.26 Å². The number of carbonyl (C=O) groups excluding carboxylic acids is 1. The molecule has 0 fully saturated rings. The highest BCUT2D eigenvalue weighted by atomic mass is 16.1. The van der Waals surface area contributed by atoms with Gasteiger partial charge in [-0.15, -0.1) is 0 Å². The molecule has 18 heavy (non-hydrogen) atoms. The molecule has 0 radical (unpaired) electrons. The van der Waals surface area contributed by atoms with Crippen molar-refractivity contribution in [3.63, 3.8) is 0 Å². The van der Waals surface area contributed by atoms with Gasteiger partial charge >= 0.3 is 0 Å². The smallest absolute Gasteiger partial charge is 0.228 e. The molecule has 1 heterocycles. The highest BCUT2D eigenvalue weighted by Gasteiger charge is 2.04. The van der Waals surface area contributed by atoms with Crippen molar-refractivity contribution in [2.24, 2.45) is 0 Å². The molecule has 0 aliphatic rings. The maximum Gasteiger partial charge on any atom is 0.228 e. The Hall–Kier alpha value is -2.67. The highest BCUT2D eigenvalue weighted by molar-refractivity contribution is 5.92. The molecule has 0 saturated heterocycles. The fourth-order valence-electron chi connectivity index (χ4n) is 1.52. The number of hydrogen-bond donors (Lipinski definition) is 1. The second-order valence-electron chi connectivity index (χ2n) is 3.75. The number of carbonyl (C=O) groups is 1. The number of nitriles is 1. The normalized spacial score (nSPS) is 9.50. The zero-order valence-corrected chi connectivity index (χ0v) is 9.63. The molecule has 0 unspecified atom stereocenters. The number of pyridine rings is 1. The van der Waals surface area contributed by atoms with Crippen LogP contribution in [-0.2, 0) is 11.2 Å². The molecule has 0 spiro atoms. The molecular formula is C14H11N3O. The molecule has 4 heteroatoms. The number of nitrogens with zero attached hydrogens (tertiary/aromatic N) is 2. The number of rotatable bonds is 3. The van der Waals surface area contributed by atoms with Gasteiger partial charge in [0.1, 0.15) is 11.8 Å². The number of amides is 1. The van der Waals surface area contributed by atoms with E-state index in [1.165, 1.54) is 6.20 Å². The minimum atomic E-state index is -0.104. The van der Waals surface area contributed by atoms with E-state index in [9.17, 15) is 4.79 Å². The molecule has 1 amide bonds. The molecule has 0 aliphatic carbocycles. The minimum absolute atomic E-state index is 0.104. The largest absolute Gasteiger partial charge is 0.324 e. The fourth-order valence-corrected chi connectivity index (χ4v) is 1.52. The van der Waals surface area contributed by atoms with Gasteiger partial charge in [0.15, 0.2) is 0 Å². The van der Waals surface area contributed by atoms with Gasteiger partial charge in [-0.2, -0.15) is 5.26 Å². The maximum absolute atomic E-state index is 11.7. The van der Waals surface area contributed by atoms with Crippen LogP contribution in [0.2, 0.25) is 0 Å². The van der Waals surface area contributed by atoms with E-state index in [-0.39, 0.29) is 5.91 Å². The lowest BCUT2D eigenvalue weighted by atomic mass is 10.1. The van der Waals surface area contributed by atoms with E-state index >= 15 is 0 Å². The predicted molar refractivity (Wildman–Crippen MR) is 67.7 cm³/mol. The van der Waals surface area contributed by atoms with Crippen molar-refractivity contribution in [3.8, 4) is 6.07 Å². The lowest BCUT2D eigenvalue weighted by Gasteiger charge is -2.04. The van der Waals surface area contributed by atoms with Crippen LogP contribution in [0.25, 0.3) is 0 Å². The molecule has 0 aliphatic heterocycles. The van der Waals surface area contributed by atoms with Crippen LogP contribution in [-0.4, -0.2) is 10.9 Å². The lowest BCUT2D eigenvalue weighted by Crippen LogP contribution is -2.14. The minimum Gasteiger partial charge on any atom is -0.324 e. The molecule has 1 N–H and O–H groups in total. The Kier molecular flexibility index (Phi) is 3.67.